The second-order valence-electron chi connectivity index (χ2n) is 5.23. The van der Waals surface area contributed by atoms with Crippen molar-refractivity contribution in [1.29, 1.82) is 0 Å². The number of hydrogen-bond donors (Lipinski definition) is 1. The van der Waals surface area contributed by atoms with E-state index in [1.165, 1.54) is 5.56 Å². The van der Waals surface area contributed by atoms with Crippen molar-refractivity contribution < 1.29 is 9.21 Å². The number of carbonyl (C=O) groups excluding carboxylic acids is 1. The molecular formula is C18H17NO2. The highest BCUT2D eigenvalue weighted by molar-refractivity contribution is 5.94. The summed E-state index contributed by atoms with van der Waals surface area (Å²) in [6.45, 7) is 4.43. The quantitative estimate of drug-likeness (QED) is 0.788. The fraction of sp³-hybridized carbons (Fsp3) is 0.167. The molecule has 0 radical (unpaired) electrons. The predicted molar refractivity (Wildman–Crippen MR) is 83.3 cm³/mol. The van der Waals surface area contributed by atoms with E-state index in [0.717, 1.165) is 22.3 Å². The van der Waals surface area contributed by atoms with E-state index in [9.17, 15) is 4.79 Å². The zero-order valence-electron chi connectivity index (χ0n) is 12.1. The number of amides is 1. The molecule has 0 saturated carbocycles. The van der Waals surface area contributed by atoms with Crippen molar-refractivity contribution in [2.24, 2.45) is 0 Å². The van der Waals surface area contributed by atoms with E-state index < -0.39 is 0 Å². The number of furan rings is 1. The molecule has 1 amide bonds. The van der Waals surface area contributed by atoms with Crippen molar-refractivity contribution in [1.82, 2.24) is 5.32 Å². The Morgan fingerprint density at radius 3 is 2.62 bits per heavy atom. The molecule has 3 nitrogen and oxygen atoms in total. The van der Waals surface area contributed by atoms with Gasteiger partial charge in [0, 0.05) is 10.9 Å². The Bertz CT molecular complexity index is 769. The fourth-order valence-electron chi connectivity index (χ4n) is 2.28. The van der Waals surface area contributed by atoms with Gasteiger partial charge in [0.1, 0.15) is 11.3 Å². The number of carbonyl (C=O) groups is 1. The third-order valence-electron chi connectivity index (χ3n) is 3.67. The summed E-state index contributed by atoms with van der Waals surface area (Å²) in [5.41, 5.74) is 3.82. The lowest BCUT2D eigenvalue weighted by atomic mass is 10.1. The second-order valence-corrected chi connectivity index (χ2v) is 5.23. The molecule has 0 aliphatic rings. The third kappa shape index (κ3) is 2.82. The van der Waals surface area contributed by atoms with Crippen molar-refractivity contribution in [3.63, 3.8) is 0 Å². The number of para-hydroxylation sites is 1. The first-order chi connectivity index (χ1) is 10.1. The lowest BCUT2D eigenvalue weighted by Gasteiger charge is -2.06. The van der Waals surface area contributed by atoms with Gasteiger partial charge in [-0.3, -0.25) is 4.79 Å². The second kappa shape index (κ2) is 5.44. The van der Waals surface area contributed by atoms with Gasteiger partial charge < -0.3 is 9.73 Å². The Hall–Kier alpha value is -2.55. The number of aryl methyl sites for hydroxylation is 2. The predicted octanol–water partition coefficient (Wildman–Crippen LogP) is 3.98. The Morgan fingerprint density at radius 1 is 1.05 bits per heavy atom. The smallest absolute Gasteiger partial charge is 0.251 e. The molecule has 3 rings (SSSR count). The van der Waals surface area contributed by atoms with Crippen LogP contribution in [0.15, 0.2) is 52.9 Å². The molecule has 0 spiro atoms. The molecule has 0 aliphatic heterocycles. The Kier molecular flexibility index (Phi) is 3.48. The van der Waals surface area contributed by atoms with Crippen molar-refractivity contribution in [3.05, 3.63) is 71.0 Å². The summed E-state index contributed by atoms with van der Waals surface area (Å²) < 4.78 is 5.68. The Morgan fingerprint density at radius 2 is 1.86 bits per heavy atom. The molecule has 2 aromatic carbocycles. The van der Waals surface area contributed by atoms with E-state index in [0.29, 0.717) is 12.1 Å². The first-order valence-electron chi connectivity index (χ1n) is 6.96. The van der Waals surface area contributed by atoms with Gasteiger partial charge in [-0.05, 0) is 49.2 Å². The van der Waals surface area contributed by atoms with E-state index in [4.69, 9.17) is 4.42 Å². The van der Waals surface area contributed by atoms with Crippen LogP contribution in [0.5, 0.6) is 0 Å². The largest absolute Gasteiger partial charge is 0.459 e. The summed E-state index contributed by atoms with van der Waals surface area (Å²) in [5, 5.41) is 3.94. The monoisotopic (exact) mass is 279 g/mol. The summed E-state index contributed by atoms with van der Waals surface area (Å²) in [7, 11) is 0. The molecule has 0 bridgehead atoms. The highest BCUT2D eigenvalue weighted by Gasteiger charge is 2.08. The van der Waals surface area contributed by atoms with Gasteiger partial charge in [-0.1, -0.05) is 24.3 Å². The molecule has 1 heterocycles. The van der Waals surface area contributed by atoms with Crippen molar-refractivity contribution in [3.8, 4) is 0 Å². The number of benzene rings is 2. The van der Waals surface area contributed by atoms with Crippen LogP contribution >= 0.6 is 0 Å². The third-order valence-corrected chi connectivity index (χ3v) is 3.67. The van der Waals surface area contributed by atoms with Crippen LogP contribution in [0.1, 0.15) is 27.2 Å². The summed E-state index contributed by atoms with van der Waals surface area (Å²) in [6, 6.07) is 15.5. The molecule has 106 valence electrons. The van der Waals surface area contributed by atoms with E-state index in [1.807, 2.05) is 62.4 Å². The summed E-state index contributed by atoms with van der Waals surface area (Å²) in [5.74, 6) is 0.673. The van der Waals surface area contributed by atoms with Crippen LogP contribution in [0.25, 0.3) is 11.0 Å². The standard InChI is InChI=1S/C18H17NO2/c1-12-7-8-15(9-13(12)2)18(20)19-11-16-10-14-5-3-4-6-17(14)21-16/h3-10H,11H2,1-2H3,(H,19,20). The van der Waals surface area contributed by atoms with Gasteiger partial charge in [0.05, 0.1) is 6.54 Å². The molecule has 1 aromatic heterocycles. The number of nitrogens with one attached hydrogen (secondary N) is 1. The van der Waals surface area contributed by atoms with Crippen LogP contribution in [-0.2, 0) is 6.54 Å². The highest BCUT2D eigenvalue weighted by atomic mass is 16.3. The van der Waals surface area contributed by atoms with Crippen LogP contribution in [0.3, 0.4) is 0 Å². The van der Waals surface area contributed by atoms with Crippen LogP contribution in [0, 0.1) is 13.8 Å². The summed E-state index contributed by atoms with van der Waals surface area (Å²) >= 11 is 0. The lowest BCUT2D eigenvalue weighted by Crippen LogP contribution is -2.22. The van der Waals surface area contributed by atoms with Crippen LogP contribution < -0.4 is 5.32 Å². The van der Waals surface area contributed by atoms with E-state index in [-0.39, 0.29) is 5.91 Å². The SMILES string of the molecule is Cc1ccc(C(=O)NCc2cc3ccccc3o2)cc1C. The minimum atomic E-state index is -0.0847. The minimum Gasteiger partial charge on any atom is -0.459 e. The molecule has 3 heteroatoms. The van der Waals surface area contributed by atoms with Gasteiger partial charge >= 0.3 is 0 Å². The van der Waals surface area contributed by atoms with Crippen molar-refractivity contribution in [2.45, 2.75) is 20.4 Å². The molecule has 0 atom stereocenters. The van der Waals surface area contributed by atoms with Crippen LogP contribution in [0.2, 0.25) is 0 Å². The average molecular weight is 279 g/mol. The fourth-order valence-corrected chi connectivity index (χ4v) is 2.28. The minimum absolute atomic E-state index is 0.0847. The van der Waals surface area contributed by atoms with Gasteiger partial charge in [-0.25, -0.2) is 0 Å². The summed E-state index contributed by atoms with van der Waals surface area (Å²) in [4.78, 5) is 12.1. The lowest BCUT2D eigenvalue weighted by molar-refractivity contribution is 0.0948. The molecule has 21 heavy (non-hydrogen) atoms. The molecule has 1 N–H and O–H groups in total. The Balaban J connectivity index is 1.71. The molecule has 0 saturated heterocycles. The number of fused-ring (bicyclic) bond motifs is 1. The molecule has 0 aliphatic carbocycles. The zero-order valence-corrected chi connectivity index (χ0v) is 12.1. The zero-order chi connectivity index (χ0) is 14.8. The van der Waals surface area contributed by atoms with Gasteiger partial charge in [-0.2, -0.15) is 0 Å². The topological polar surface area (TPSA) is 42.2 Å². The average Bonchev–Trinajstić information content (AvgIpc) is 2.90. The number of rotatable bonds is 3. The van der Waals surface area contributed by atoms with Crippen LogP contribution in [0.4, 0.5) is 0 Å². The first kappa shape index (κ1) is 13.4. The number of hydrogen-bond acceptors (Lipinski definition) is 2. The van der Waals surface area contributed by atoms with Gasteiger partial charge in [0.25, 0.3) is 5.91 Å². The maximum absolute atomic E-state index is 12.1. The molecule has 0 fully saturated rings. The molecular weight excluding hydrogens is 262 g/mol. The maximum Gasteiger partial charge on any atom is 0.251 e. The highest BCUT2D eigenvalue weighted by Crippen LogP contribution is 2.18. The van der Waals surface area contributed by atoms with Crippen molar-refractivity contribution in [2.75, 3.05) is 0 Å². The molecule has 0 unspecified atom stereocenters. The molecule has 3 aromatic rings. The summed E-state index contributed by atoms with van der Waals surface area (Å²) in [6.07, 6.45) is 0. The van der Waals surface area contributed by atoms with E-state index >= 15 is 0 Å². The van der Waals surface area contributed by atoms with Gasteiger partial charge in [0.2, 0.25) is 0 Å². The first-order valence-corrected chi connectivity index (χ1v) is 6.96. The maximum atomic E-state index is 12.1. The van der Waals surface area contributed by atoms with E-state index in [2.05, 4.69) is 5.32 Å². The van der Waals surface area contributed by atoms with Gasteiger partial charge in [0.15, 0.2) is 0 Å². The Labute approximate surface area is 123 Å². The normalized spacial score (nSPS) is 10.8. The van der Waals surface area contributed by atoms with Crippen molar-refractivity contribution >= 4 is 16.9 Å². The van der Waals surface area contributed by atoms with E-state index in [1.54, 1.807) is 0 Å². The van der Waals surface area contributed by atoms with Crippen LogP contribution in [-0.4, -0.2) is 5.91 Å². The van der Waals surface area contributed by atoms with Gasteiger partial charge in [-0.15, -0.1) is 0 Å².